The van der Waals surface area contributed by atoms with Crippen LogP contribution in [0.15, 0.2) is 54.6 Å². The van der Waals surface area contributed by atoms with Crippen LogP contribution in [0.3, 0.4) is 0 Å². The Labute approximate surface area is 140 Å². The van der Waals surface area contributed by atoms with Crippen LogP contribution in [0.2, 0.25) is 0 Å². The lowest BCUT2D eigenvalue weighted by atomic mass is 10.1. The van der Waals surface area contributed by atoms with E-state index in [0.717, 1.165) is 31.7 Å². The third-order valence-electron chi connectivity index (χ3n) is 3.94. The molecule has 2 nitrogen and oxygen atoms in total. The molecule has 2 aromatic carbocycles. The van der Waals surface area contributed by atoms with E-state index in [4.69, 9.17) is 4.74 Å². The lowest BCUT2D eigenvalue weighted by Gasteiger charge is -2.09. The molecule has 0 atom stereocenters. The van der Waals surface area contributed by atoms with Crippen molar-refractivity contribution in [2.75, 3.05) is 18.5 Å². The molecule has 2 rings (SSSR count). The monoisotopic (exact) mass is 311 g/mol. The summed E-state index contributed by atoms with van der Waals surface area (Å²) in [7, 11) is 0. The van der Waals surface area contributed by atoms with Crippen molar-refractivity contribution < 1.29 is 4.74 Å². The van der Waals surface area contributed by atoms with Crippen LogP contribution in [0.4, 0.5) is 5.69 Å². The predicted octanol–water partition coefficient (Wildman–Crippen LogP) is 5.69. The Balaban J connectivity index is 1.61. The molecule has 0 heterocycles. The zero-order chi connectivity index (χ0) is 16.2. The topological polar surface area (TPSA) is 21.3 Å². The molecule has 0 saturated heterocycles. The third-order valence-corrected chi connectivity index (χ3v) is 3.94. The van der Waals surface area contributed by atoms with Crippen LogP contribution in [0.25, 0.3) is 0 Å². The van der Waals surface area contributed by atoms with Crippen LogP contribution in [0.5, 0.6) is 5.75 Å². The number of hydrogen-bond donors (Lipinski definition) is 1. The summed E-state index contributed by atoms with van der Waals surface area (Å²) in [6.45, 7) is 4.06. The first-order valence-electron chi connectivity index (χ1n) is 8.89. The van der Waals surface area contributed by atoms with E-state index in [1.807, 2.05) is 0 Å². The van der Waals surface area contributed by atoms with Crippen LogP contribution in [0, 0.1) is 0 Å². The molecule has 0 saturated carbocycles. The van der Waals surface area contributed by atoms with Gasteiger partial charge in [-0.1, -0.05) is 56.5 Å². The van der Waals surface area contributed by atoms with E-state index in [1.165, 1.54) is 36.9 Å². The van der Waals surface area contributed by atoms with Gasteiger partial charge >= 0.3 is 0 Å². The molecule has 2 aromatic rings. The second-order valence-corrected chi connectivity index (χ2v) is 5.95. The molecule has 1 N–H and O–H groups in total. The second kappa shape index (κ2) is 10.7. The highest BCUT2D eigenvalue weighted by Crippen LogP contribution is 2.16. The van der Waals surface area contributed by atoms with Crippen LogP contribution in [-0.4, -0.2) is 13.2 Å². The predicted molar refractivity (Wildman–Crippen MR) is 99.3 cm³/mol. The SMILES string of the molecule is CCCCCCNc1ccc(OCCCc2ccccc2)cc1. The van der Waals surface area contributed by atoms with E-state index in [0.29, 0.717) is 0 Å². The van der Waals surface area contributed by atoms with Gasteiger partial charge in [0.25, 0.3) is 0 Å². The van der Waals surface area contributed by atoms with E-state index in [9.17, 15) is 0 Å². The van der Waals surface area contributed by atoms with Gasteiger partial charge in [-0.2, -0.15) is 0 Å². The fourth-order valence-electron chi connectivity index (χ4n) is 2.56. The normalized spacial score (nSPS) is 10.5. The van der Waals surface area contributed by atoms with Gasteiger partial charge in [0, 0.05) is 12.2 Å². The Morgan fingerprint density at radius 1 is 0.826 bits per heavy atom. The molecular weight excluding hydrogens is 282 g/mol. The Morgan fingerprint density at radius 2 is 1.61 bits per heavy atom. The number of anilines is 1. The van der Waals surface area contributed by atoms with Crippen LogP contribution < -0.4 is 10.1 Å². The third kappa shape index (κ3) is 7.23. The summed E-state index contributed by atoms with van der Waals surface area (Å²) in [6, 6.07) is 18.9. The minimum absolute atomic E-state index is 0.763. The van der Waals surface area contributed by atoms with Gasteiger partial charge in [0.1, 0.15) is 5.75 Å². The quantitative estimate of drug-likeness (QED) is 0.538. The number of rotatable bonds is 11. The zero-order valence-corrected chi connectivity index (χ0v) is 14.3. The van der Waals surface area contributed by atoms with Gasteiger partial charge in [-0.3, -0.25) is 0 Å². The van der Waals surface area contributed by atoms with Gasteiger partial charge in [0.2, 0.25) is 0 Å². The first-order chi connectivity index (χ1) is 11.4. The Morgan fingerprint density at radius 3 is 2.35 bits per heavy atom. The molecule has 0 aliphatic heterocycles. The molecule has 2 heteroatoms. The zero-order valence-electron chi connectivity index (χ0n) is 14.3. The van der Waals surface area contributed by atoms with Gasteiger partial charge in [-0.15, -0.1) is 0 Å². The molecule has 124 valence electrons. The summed E-state index contributed by atoms with van der Waals surface area (Å²) in [4.78, 5) is 0. The van der Waals surface area contributed by atoms with Crippen LogP contribution in [-0.2, 0) is 6.42 Å². The van der Waals surface area contributed by atoms with E-state index >= 15 is 0 Å². The van der Waals surface area contributed by atoms with Gasteiger partial charge in [0.05, 0.1) is 6.61 Å². The highest BCUT2D eigenvalue weighted by molar-refractivity contribution is 5.46. The van der Waals surface area contributed by atoms with Crippen molar-refractivity contribution in [3.63, 3.8) is 0 Å². The summed E-state index contributed by atoms with van der Waals surface area (Å²) in [5, 5.41) is 3.46. The van der Waals surface area contributed by atoms with Gasteiger partial charge < -0.3 is 10.1 Å². The maximum Gasteiger partial charge on any atom is 0.119 e. The molecule has 0 unspecified atom stereocenters. The van der Waals surface area contributed by atoms with E-state index in [2.05, 4.69) is 66.8 Å². The summed E-state index contributed by atoms with van der Waals surface area (Å²) >= 11 is 0. The number of unbranched alkanes of at least 4 members (excludes halogenated alkanes) is 3. The van der Waals surface area contributed by atoms with Gasteiger partial charge in [-0.25, -0.2) is 0 Å². The van der Waals surface area contributed by atoms with Crippen molar-refractivity contribution in [2.45, 2.75) is 45.4 Å². The average molecular weight is 311 g/mol. The van der Waals surface area contributed by atoms with Crippen molar-refractivity contribution in [1.82, 2.24) is 0 Å². The molecule has 0 fully saturated rings. The second-order valence-electron chi connectivity index (χ2n) is 5.95. The first-order valence-corrected chi connectivity index (χ1v) is 8.89. The number of benzene rings is 2. The summed E-state index contributed by atoms with van der Waals surface area (Å²) in [5.74, 6) is 0.953. The highest BCUT2D eigenvalue weighted by atomic mass is 16.5. The Bertz CT molecular complexity index is 521. The molecule has 0 aromatic heterocycles. The molecular formula is C21H29NO. The van der Waals surface area contributed by atoms with Gasteiger partial charge in [0.15, 0.2) is 0 Å². The van der Waals surface area contributed by atoms with Crippen molar-refractivity contribution >= 4 is 5.69 Å². The van der Waals surface area contributed by atoms with Gasteiger partial charge in [-0.05, 0) is 49.1 Å². The fraction of sp³-hybridized carbons (Fsp3) is 0.429. The molecule has 0 bridgehead atoms. The average Bonchev–Trinajstić information content (AvgIpc) is 2.61. The standard InChI is InChI=1S/C21H29NO/c1-2-3-4-8-17-22-20-13-15-21(16-14-20)23-18-9-12-19-10-6-5-7-11-19/h5-7,10-11,13-16,22H,2-4,8-9,12,17-18H2,1H3. The van der Waals surface area contributed by atoms with Crippen molar-refractivity contribution in [2.24, 2.45) is 0 Å². The van der Waals surface area contributed by atoms with Crippen molar-refractivity contribution in [3.8, 4) is 5.75 Å². The largest absolute Gasteiger partial charge is 0.494 e. The first kappa shape index (κ1) is 17.4. The highest BCUT2D eigenvalue weighted by Gasteiger charge is 1.97. The van der Waals surface area contributed by atoms with Crippen molar-refractivity contribution in [1.29, 1.82) is 0 Å². The number of ether oxygens (including phenoxy) is 1. The van der Waals surface area contributed by atoms with E-state index in [1.54, 1.807) is 0 Å². The molecule has 0 radical (unpaired) electrons. The minimum Gasteiger partial charge on any atom is -0.494 e. The Hall–Kier alpha value is -1.96. The maximum atomic E-state index is 5.81. The summed E-state index contributed by atoms with van der Waals surface area (Å²) in [5.41, 5.74) is 2.55. The molecule has 0 aliphatic rings. The molecule has 0 spiro atoms. The number of aryl methyl sites for hydroxylation is 1. The maximum absolute atomic E-state index is 5.81. The van der Waals surface area contributed by atoms with Crippen LogP contribution in [0.1, 0.15) is 44.6 Å². The smallest absolute Gasteiger partial charge is 0.119 e. The van der Waals surface area contributed by atoms with E-state index < -0.39 is 0 Å². The lowest BCUT2D eigenvalue weighted by molar-refractivity contribution is 0.311. The molecule has 0 amide bonds. The summed E-state index contributed by atoms with van der Waals surface area (Å²) in [6.07, 6.45) is 7.28. The van der Waals surface area contributed by atoms with Crippen LogP contribution >= 0.6 is 0 Å². The lowest BCUT2D eigenvalue weighted by Crippen LogP contribution is -2.02. The summed E-state index contributed by atoms with van der Waals surface area (Å²) < 4.78 is 5.81. The molecule has 0 aliphatic carbocycles. The van der Waals surface area contributed by atoms with Crippen molar-refractivity contribution in [3.05, 3.63) is 60.2 Å². The minimum atomic E-state index is 0.763. The number of hydrogen-bond acceptors (Lipinski definition) is 2. The Kier molecular flexibility index (Phi) is 8.10. The fourth-order valence-corrected chi connectivity index (χ4v) is 2.56. The number of nitrogens with one attached hydrogen (secondary N) is 1. The molecule has 23 heavy (non-hydrogen) atoms. The van der Waals surface area contributed by atoms with E-state index in [-0.39, 0.29) is 0 Å².